The molecule has 0 aliphatic heterocycles. The first kappa shape index (κ1) is 9.31. The molecule has 0 fully saturated rings. The first-order chi connectivity index (χ1) is 4.85. The molecule has 0 amide bonds. The highest BCUT2D eigenvalue weighted by atomic mass is 32.2. The van der Waals surface area contributed by atoms with Gasteiger partial charge >= 0.3 is 0 Å². The van der Waals surface area contributed by atoms with Crippen LogP contribution in [0.1, 0.15) is 0 Å². The maximum atomic E-state index is 3.66. The number of hydrogen-bond donors (Lipinski definition) is 0. The minimum atomic E-state index is 1.09. The summed E-state index contributed by atoms with van der Waals surface area (Å²) in [6.07, 6.45) is 9.49. The summed E-state index contributed by atoms with van der Waals surface area (Å²) in [6, 6.07) is 0. The van der Waals surface area contributed by atoms with Crippen LogP contribution in [0.15, 0.2) is 48.4 Å². The Hall–Kier alpha value is -0.690. The van der Waals surface area contributed by atoms with Crippen LogP contribution in [0.3, 0.4) is 0 Å². The third kappa shape index (κ3) is 4.21. The summed E-state index contributed by atoms with van der Waals surface area (Å²) in [5.74, 6) is 0. The van der Waals surface area contributed by atoms with Gasteiger partial charge in [0, 0.05) is 0 Å². The molecule has 0 heterocycles. The zero-order chi connectivity index (χ0) is 7.82. The Labute approximate surface area is 67.0 Å². The van der Waals surface area contributed by atoms with Crippen molar-refractivity contribution >= 4 is 11.8 Å². The highest BCUT2D eigenvalue weighted by Gasteiger charge is 1.78. The standard InChI is InChI=1S/C9H12S/c1-4-6-9(5-2)7-8-10-3/h4-8H,1-2H2,3H3/b8-7-,9-6+. The van der Waals surface area contributed by atoms with Crippen molar-refractivity contribution in [3.63, 3.8) is 0 Å². The van der Waals surface area contributed by atoms with Crippen molar-refractivity contribution in [1.82, 2.24) is 0 Å². The quantitative estimate of drug-likeness (QED) is 0.558. The Morgan fingerprint density at radius 2 is 2.10 bits per heavy atom. The van der Waals surface area contributed by atoms with Crippen LogP contribution in [0.2, 0.25) is 0 Å². The summed E-state index contributed by atoms with van der Waals surface area (Å²) in [7, 11) is 0. The van der Waals surface area contributed by atoms with Crippen molar-refractivity contribution in [2.24, 2.45) is 0 Å². The molecule has 10 heavy (non-hydrogen) atoms. The van der Waals surface area contributed by atoms with Gasteiger partial charge in [-0.15, -0.1) is 11.8 Å². The monoisotopic (exact) mass is 152 g/mol. The van der Waals surface area contributed by atoms with Crippen LogP contribution in [-0.4, -0.2) is 6.26 Å². The van der Waals surface area contributed by atoms with E-state index in [2.05, 4.69) is 13.2 Å². The predicted molar refractivity (Wildman–Crippen MR) is 51.1 cm³/mol. The van der Waals surface area contributed by atoms with Gasteiger partial charge in [-0.2, -0.15) is 0 Å². The normalized spacial score (nSPS) is 11.9. The summed E-state index contributed by atoms with van der Waals surface area (Å²) in [5, 5.41) is 2.01. The number of rotatable bonds is 4. The van der Waals surface area contributed by atoms with E-state index in [-0.39, 0.29) is 0 Å². The van der Waals surface area contributed by atoms with Gasteiger partial charge in [-0.25, -0.2) is 0 Å². The zero-order valence-corrected chi connectivity index (χ0v) is 7.03. The van der Waals surface area contributed by atoms with Gasteiger partial charge < -0.3 is 0 Å². The number of thioether (sulfide) groups is 1. The summed E-state index contributed by atoms with van der Waals surface area (Å²) < 4.78 is 0. The van der Waals surface area contributed by atoms with Crippen molar-refractivity contribution in [3.05, 3.63) is 48.4 Å². The van der Waals surface area contributed by atoms with Crippen LogP contribution in [-0.2, 0) is 0 Å². The van der Waals surface area contributed by atoms with E-state index in [1.54, 1.807) is 23.9 Å². The molecule has 0 aliphatic rings. The average molecular weight is 152 g/mol. The van der Waals surface area contributed by atoms with E-state index in [0.717, 1.165) is 5.57 Å². The first-order valence-corrected chi connectivity index (χ1v) is 4.28. The average Bonchev–Trinajstić information content (AvgIpc) is 1.98. The lowest BCUT2D eigenvalue weighted by Gasteiger charge is -1.87. The second kappa shape index (κ2) is 6.43. The van der Waals surface area contributed by atoms with Crippen molar-refractivity contribution in [1.29, 1.82) is 0 Å². The lowest BCUT2D eigenvalue weighted by molar-refractivity contribution is 1.73. The fraction of sp³-hybridized carbons (Fsp3) is 0.111. The molecule has 0 aromatic carbocycles. The Balaban J connectivity index is 4.07. The first-order valence-electron chi connectivity index (χ1n) is 2.99. The van der Waals surface area contributed by atoms with Crippen LogP contribution >= 0.6 is 11.8 Å². The van der Waals surface area contributed by atoms with E-state index in [1.165, 1.54) is 0 Å². The molecule has 0 radical (unpaired) electrons. The van der Waals surface area contributed by atoms with Gasteiger partial charge in [-0.05, 0) is 23.3 Å². The zero-order valence-electron chi connectivity index (χ0n) is 6.21. The summed E-state index contributed by atoms with van der Waals surface area (Å²) in [4.78, 5) is 0. The number of allylic oxidation sites excluding steroid dienone is 5. The van der Waals surface area contributed by atoms with Crippen LogP contribution in [0.5, 0.6) is 0 Å². The highest BCUT2D eigenvalue weighted by molar-refractivity contribution is 8.01. The van der Waals surface area contributed by atoms with E-state index < -0.39 is 0 Å². The molecular formula is C9H12S. The Bertz CT molecular complexity index is 164. The van der Waals surface area contributed by atoms with E-state index in [1.807, 2.05) is 23.8 Å². The van der Waals surface area contributed by atoms with Gasteiger partial charge in [0.1, 0.15) is 0 Å². The molecule has 0 bridgehead atoms. The van der Waals surface area contributed by atoms with Gasteiger partial charge in [-0.1, -0.05) is 31.4 Å². The molecule has 54 valence electrons. The number of hydrogen-bond acceptors (Lipinski definition) is 1. The smallest absolute Gasteiger partial charge is 0.0142 e. The Kier molecular flexibility index (Phi) is 5.99. The Morgan fingerprint density at radius 1 is 1.40 bits per heavy atom. The van der Waals surface area contributed by atoms with Crippen molar-refractivity contribution < 1.29 is 0 Å². The molecule has 0 atom stereocenters. The maximum Gasteiger partial charge on any atom is -0.0142 e. The molecule has 0 N–H and O–H groups in total. The van der Waals surface area contributed by atoms with Gasteiger partial charge in [-0.3, -0.25) is 0 Å². The summed E-state index contributed by atoms with van der Waals surface area (Å²) in [6.45, 7) is 7.25. The SMILES string of the molecule is C=C/C=C(C=C)/C=C\SC. The van der Waals surface area contributed by atoms with Gasteiger partial charge in [0.05, 0.1) is 0 Å². The lowest BCUT2D eigenvalue weighted by atomic mass is 10.2. The van der Waals surface area contributed by atoms with Crippen molar-refractivity contribution in [3.8, 4) is 0 Å². The van der Waals surface area contributed by atoms with Crippen LogP contribution < -0.4 is 0 Å². The molecule has 0 saturated heterocycles. The largest absolute Gasteiger partial charge is 0.138 e. The molecule has 0 rings (SSSR count). The van der Waals surface area contributed by atoms with Crippen LogP contribution in [0.25, 0.3) is 0 Å². The predicted octanol–water partition coefficient (Wildman–Crippen LogP) is 3.16. The molecule has 0 aromatic heterocycles. The van der Waals surface area contributed by atoms with Crippen LogP contribution in [0.4, 0.5) is 0 Å². The second-order valence-corrected chi connectivity index (χ2v) is 2.39. The van der Waals surface area contributed by atoms with E-state index in [0.29, 0.717) is 0 Å². The van der Waals surface area contributed by atoms with E-state index in [9.17, 15) is 0 Å². The molecule has 0 saturated carbocycles. The molecule has 0 spiro atoms. The summed E-state index contributed by atoms with van der Waals surface area (Å²) >= 11 is 1.67. The molecule has 0 nitrogen and oxygen atoms in total. The highest BCUT2D eigenvalue weighted by Crippen LogP contribution is 2.02. The third-order valence-electron chi connectivity index (χ3n) is 0.943. The molecule has 0 aromatic rings. The van der Waals surface area contributed by atoms with Gasteiger partial charge in [0.15, 0.2) is 0 Å². The molecular weight excluding hydrogens is 140 g/mol. The third-order valence-corrected chi connectivity index (χ3v) is 1.35. The van der Waals surface area contributed by atoms with Crippen LogP contribution in [0, 0.1) is 0 Å². The van der Waals surface area contributed by atoms with E-state index >= 15 is 0 Å². The minimum absolute atomic E-state index is 1.09. The van der Waals surface area contributed by atoms with E-state index in [4.69, 9.17) is 0 Å². The fourth-order valence-electron chi connectivity index (χ4n) is 0.474. The summed E-state index contributed by atoms with van der Waals surface area (Å²) in [5.41, 5.74) is 1.09. The molecule has 1 heteroatoms. The van der Waals surface area contributed by atoms with Gasteiger partial charge in [0.25, 0.3) is 0 Å². The second-order valence-electron chi connectivity index (χ2n) is 1.64. The minimum Gasteiger partial charge on any atom is -0.138 e. The van der Waals surface area contributed by atoms with Gasteiger partial charge in [0.2, 0.25) is 0 Å². The topological polar surface area (TPSA) is 0 Å². The fourth-order valence-corrected chi connectivity index (χ4v) is 0.768. The Morgan fingerprint density at radius 3 is 2.50 bits per heavy atom. The molecule has 0 aliphatic carbocycles. The van der Waals surface area contributed by atoms with Crippen molar-refractivity contribution in [2.45, 2.75) is 0 Å². The maximum absolute atomic E-state index is 3.66. The lowest BCUT2D eigenvalue weighted by Crippen LogP contribution is -1.65. The van der Waals surface area contributed by atoms with Crippen molar-refractivity contribution in [2.75, 3.05) is 6.26 Å². The molecule has 0 unspecified atom stereocenters.